The molecule has 2 saturated heterocycles. The number of nitrogens with zero attached hydrogens (tertiary/aromatic N) is 1. The first kappa shape index (κ1) is 31.9. The average Bonchev–Trinajstić information content (AvgIpc) is 3.76. The third-order valence-electron chi connectivity index (χ3n) is 11.8. The summed E-state index contributed by atoms with van der Waals surface area (Å²) in [6.45, 7) is 8.81. The number of piperidine rings is 1. The van der Waals surface area contributed by atoms with Crippen LogP contribution in [0.25, 0.3) is 0 Å². The van der Waals surface area contributed by atoms with Crippen molar-refractivity contribution < 1.29 is 19.4 Å². The minimum absolute atomic E-state index is 0.0672. The second-order valence-electron chi connectivity index (χ2n) is 14.7. The molecule has 0 aromatic rings. The van der Waals surface area contributed by atoms with Gasteiger partial charge in [0.2, 0.25) is 0 Å². The monoisotopic (exact) mass is 603 g/mol. The molecule has 0 amide bonds. The molecule has 0 radical (unpaired) electrons. The van der Waals surface area contributed by atoms with Crippen LogP contribution in [0.1, 0.15) is 122 Å². The highest BCUT2D eigenvalue weighted by Gasteiger charge is 2.76. The molecule has 242 valence electrons. The van der Waals surface area contributed by atoms with Crippen molar-refractivity contribution in [2.45, 2.75) is 140 Å². The lowest BCUT2D eigenvalue weighted by Gasteiger charge is -2.66. The van der Waals surface area contributed by atoms with E-state index in [9.17, 15) is 9.90 Å². The Hall–Kier alpha value is -2.11. The van der Waals surface area contributed by atoms with E-state index in [1.54, 1.807) is 0 Å². The Morgan fingerprint density at radius 1 is 1.07 bits per heavy atom. The number of unbranched alkanes of at least 4 members (excludes halogenated alkanes) is 8. The number of carbonyl (C=O) groups excluding carboxylic acids is 1. The van der Waals surface area contributed by atoms with Crippen LogP contribution in [0.5, 0.6) is 0 Å². The number of aliphatic hydroxyl groups is 1. The first-order valence-electron chi connectivity index (χ1n) is 18.2. The topological polar surface area (TPSA) is 59.0 Å². The number of allylic oxidation sites excluding steroid dienone is 7. The molecule has 2 heterocycles. The lowest BCUT2D eigenvalue weighted by atomic mass is 9.44. The molecule has 1 N–H and O–H groups in total. The fourth-order valence-electron chi connectivity index (χ4n) is 9.33. The number of likely N-dealkylation sites (tertiary alicyclic amines) is 1. The van der Waals surface area contributed by atoms with Gasteiger partial charge in [0.25, 0.3) is 0 Å². The Morgan fingerprint density at radius 3 is 2.59 bits per heavy atom. The normalized spacial score (nSPS) is 34.2. The van der Waals surface area contributed by atoms with E-state index in [1.165, 1.54) is 51.4 Å². The zero-order chi connectivity index (χ0) is 30.6. The predicted molar refractivity (Wildman–Crippen MR) is 177 cm³/mol. The first-order chi connectivity index (χ1) is 21.5. The van der Waals surface area contributed by atoms with Gasteiger partial charge in [0, 0.05) is 24.9 Å². The molecular formula is C39H57NO4. The van der Waals surface area contributed by atoms with Gasteiger partial charge in [-0.25, -0.2) is 0 Å². The Kier molecular flexibility index (Phi) is 10.2. The van der Waals surface area contributed by atoms with Crippen molar-refractivity contribution in [3.05, 3.63) is 60.1 Å². The number of hydrogen-bond donors (Lipinski definition) is 1. The van der Waals surface area contributed by atoms with Crippen molar-refractivity contribution in [1.82, 2.24) is 4.90 Å². The van der Waals surface area contributed by atoms with Crippen LogP contribution in [-0.4, -0.2) is 46.8 Å². The molecule has 2 bridgehead atoms. The number of carbonyl (C=O) groups is 1. The Balaban J connectivity index is 0.967. The molecule has 3 unspecified atom stereocenters. The molecule has 3 saturated carbocycles. The van der Waals surface area contributed by atoms with Gasteiger partial charge in [-0.3, -0.25) is 9.69 Å². The van der Waals surface area contributed by atoms with Gasteiger partial charge in [-0.1, -0.05) is 76.0 Å². The van der Waals surface area contributed by atoms with Gasteiger partial charge < -0.3 is 14.6 Å². The van der Waals surface area contributed by atoms with E-state index < -0.39 is 5.60 Å². The van der Waals surface area contributed by atoms with Gasteiger partial charge in [-0.05, 0) is 107 Å². The van der Waals surface area contributed by atoms with E-state index in [2.05, 4.69) is 48.8 Å². The quantitative estimate of drug-likeness (QED) is 0.102. The molecule has 5 nitrogen and oxygen atoms in total. The molecule has 5 heteroatoms. The molecule has 44 heavy (non-hydrogen) atoms. The van der Waals surface area contributed by atoms with Crippen molar-refractivity contribution in [3.63, 3.8) is 0 Å². The average molecular weight is 604 g/mol. The summed E-state index contributed by atoms with van der Waals surface area (Å²) in [7, 11) is 0. The summed E-state index contributed by atoms with van der Waals surface area (Å²) in [6.07, 6.45) is 32.6. The lowest BCUT2D eigenvalue weighted by Crippen LogP contribution is -2.75. The van der Waals surface area contributed by atoms with Crippen LogP contribution in [0.4, 0.5) is 0 Å². The van der Waals surface area contributed by atoms with E-state index >= 15 is 0 Å². The third kappa shape index (κ3) is 6.30. The van der Waals surface area contributed by atoms with Gasteiger partial charge in [-0.2, -0.15) is 0 Å². The minimum atomic E-state index is -0.782. The summed E-state index contributed by atoms with van der Waals surface area (Å²) >= 11 is 0. The number of esters is 1. The Bertz CT molecular complexity index is 1160. The van der Waals surface area contributed by atoms with E-state index in [0.717, 1.165) is 88.1 Å². The van der Waals surface area contributed by atoms with Crippen molar-refractivity contribution in [3.8, 4) is 0 Å². The molecule has 2 aliphatic heterocycles. The molecule has 6 rings (SSSR count). The number of rotatable bonds is 17. The summed E-state index contributed by atoms with van der Waals surface area (Å²) in [6, 6.07) is 0.170. The highest BCUT2D eigenvalue weighted by molar-refractivity contribution is 5.71. The fourth-order valence-corrected chi connectivity index (χ4v) is 9.33. The largest absolute Gasteiger partial charge is 0.485 e. The Labute approximate surface area is 266 Å². The highest BCUT2D eigenvalue weighted by Crippen LogP contribution is 2.70. The van der Waals surface area contributed by atoms with Gasteiger partial charge in [0.15, 0.2) is 5.76 Å². The molecular weight excluding hydrogens is 546 g/mol. The smallest absolute Gasteiger partial charge is 0.311 e. The molecule has 1 spiro atoms. The summed E-state index contributed by atoms with van der Waals surface area (Å²) in [5.41, 5.74) is -0.0495. The van der Waals surface area contributed by atoms with Gasteiger partial charge in [0.1, 0.15) is 11.9 Å². The summed E-state index contributed by atoms with van der Waals surface area (Å²) in [5.74, 6) is 2.40. The fraction of sp³-hybridized carbons (Fsp3) is 0.718. The SMILES string of the molecule is C=C1CC[C@@]2(O)C3CC4C=CC(OC(=O)CCCCCCC/C=C\C/C=C\CCCCC)=C5O[C@@H]1[C@]2(CCN3CC1CC1)C54. The first-order valence-corrected chi connectivity index (χ1v) is 18.2. The maximum atomic E-state index is 13.0. The van der Waals surface area contributed by atoms with E-state index in [0.29, 0.717) is 18.1 Å². The molecule has 6 aliphatic rings. The summed E-state index contributed by atoms with van der Waals surface area (Å²) < 4.78 is 12.8. The van der Waals surface area contributed by atoms with Gasteiger partial charge >= 0.3 is 5.97 Å². The standard InChI is InChI=1S/C39H57NO4/c1-3-4-5-6-7-8-9-10-11-12-13-14-15-16-17-18-34(41)43-32-22-21-31-27-33-39(42)24-23-29(2)37-38(39,35(31)36(32)44-37)25-26-40(33)28-30-19-20-30/h7-8,10-11,21-22,30-31,33,35,37,42H,2-6,9,12-20,23-28H2,1H3/b8-7-,11-10-/t31?,33?,35?,37-,38-,39+/m0/s1. The van der Waals surface area contributed by atoms with Crippen LogP contribution < -0.4 is 0 Å². The van der Waals surface area contributed by atoms with Crippen LogP contribution in [0.15, 0.2) is 60.1 Å². The molecule has 6 atom stereocenters. The minimum Gasteiger partial charge on any atom is -0.485 e. The van der Waals surface area contributed by atoms with E-state index in [4.69, 9.17) is 9.47 Å². The van der Waals surface area contributed by atoms with Crippen molar-refractivity contribution in [2.75, 3.05) is 13.1 Å². The molecule has 0 aromatic heterocycles. The van der Waals surface area contributed by atoms with Crippen molar-refractivity contribution in [2.24, 2.45) is 23.2 Å². The summed E-state index contributed by atoms with van der Waals surface area (Å²) in [5, 5.41) is 12.6. The van der Waals surface area contributed by atoms with Crippen molar-refractivity contribution in [1.29, 1.82) is 0 Å². The maximum Gasteiger partial charge on any atom is 0.311 e. The van der Waals surface area contributed by atoms with Crippen molar-refractivity contribution >= 4 is 5.97 Å². The highest BCUT2D eigenvalue weighted by atomic mass is 16.6. The second kappa shape index (κ2) is 14.1. The maximum absolute atomic E-state index is 13.0. The molecule has 4 aliphatic carbocycles. The number of hydrogen-bond acceptors (Lipinski definition) is 5. The predicted octanol–water partition coefficient (Wildman–Crippen LogP) is 8.71. The van der Waals surface area contributed by atoms with Crippen LogP contribution in [0.2, 0.25) is 0 Å². The molecule has 0 aromatic carbocycles. The second-order valence-corrected chi connectivity index (χ2v) is 14.7. The Morgan fingerprint density at radius 2 is 1.82 bits per heavy atom. The van der Waals surface area contributed by atoms with E-state index in [1.807, 2.05) is 6.08 Å². The van der Waals surface area contributed by atoms with Crippen LogP contribution in [-0.2, 0) is 14.3 Å². The van der Waals surface area contributed by atoms with Gasteiger partial charge in [-0.15, -0.1) is 0 Å². The van der Waals surface area contributed by atoms with Crippen LogP contribution in [0, 0.1) is 23.2 Å². The van der Waals surface area contributed by atoms with Gasteiger partial charge in [0.05, 0.1) is 11.0 Å². The van der Waals surface area contributed by atoms with Crippen LogP contribution >= 0.6 is 0 Å². The lowest BCUT2D eigenvalue weighted by molar-refractivity contribution is -0.240. The van der Waals surface area contributed by atoms with Crippen LogP contribution in [0.3, 0.4) is 0 Å². The zero-order valence-corrected chi connectivity index (χ0v) is 27.3. The summed E-state index contributed by atoms with van der Waals surface area (Å²) in [4.78, 5) is 15.6. The molecule has 5 fully saturated rings. The number of ether oxygens (including phenoxy) is 2. The van der Waals surface area contributed by atoms with E-state index in [-0.39, 0.29) is 29.4 Å². The third-order valence-corrected chi connectivity index (χ3v) is 11.8. The zero-order valence-electron chi connectivity index (χ0n) is 27.3.